The SMILES string of the molecule is C=C/C=C\C1=C(C=C)C(=O)N(C)C1=O. The molecule has 0 saturated carbocycles. The van der Waals surface area contributed by atoms with Crippen molar-refractivity contribution in [2.75, 3.05) is 7.05 Å². The molecule has 3 nitrogen and oxygen atoms in total. The average molecular weight is 189 g/mol. The molecule has 0 aromatic carbocycles. The number of allylic oxidation sites excluding steroid dienone is 2. The van der Waals surface area contributed by atoms with Crippen LogP contribution in [0.3, 0.4) is 0 Å². The van der Waals surface area contributed by atoms with Crippen LogP contribution in [0.1, 0.15) is 0 Å². The number of hydrogen-bond donors (Lipinski definition) is 0. The van der Waals surface area contributed by atoms with E-state index in [1.54, 1.807) is 18.2 Å². The molecule has 1 aliphatic rings. The summed E-state index contributed by atoms with van der Waals surface area (Å²) in [5.74, 6) is -0.614. The van der Waals surface area contributed by atoms with Gasteiger partial charge in [-0.2, -0.15) is 0 Å². The lowest BCUT2D eigenvalue weighted by molar-refractivity contribution is -0.135. The average Bonchev–Trinajstić information content (AvgIpc) is 2.39. The molecule has 0 saturated heterocycles. The highest BCUT2D eigenvalue weighted by Gasteiger charge is 2.32. The van der Waals surface area contributed by atoms with E-state index >= 15 is 0 Å². The second kappa shape index (κ2) is 3.87. The van der Waals surface area contributed by atoms with Gasteiger partial charge in [0.05, 0.1) is 11.1 Å². The molecule has 0 unspecified atom stereocenters. The molecule has 3 heteroatoms. The van der Waals surface area contributed by atoms with Crippen molar-refractivity contribution in [1.29, 1.82) is 0 Å². The molecule has 1 heterocycles. The third-order valence-corrected chi connectivity index (χ3v) is 1.96. The second-order valence-electron chi connectivity index (χ2n) is 2.80. The normalized spacial score (nSPS) is 17.1. The first-order chi connectivity index (χ1) is 6.63. The minimum atomic E-state index is -0.311. The highest BCUT2D eigenvalue weighted by atomic mass is 16.2. The summed E-state index contributed by atoms with van der Waals surface area (Å²) < 4.78 is 0. The van der Waals surface area contributed by atoms with Gasteiger partial charge in [0.2, 0.25) is 0 Å². The van der Waals surface area contributed by atoms with Crippen molar-refractivity contribution < 1.29 is 9.59 Å². The van der Waals surface area contributed by atoms with Gasteiger partial charge in [-0.25, -0.2) is 0 Å². The van der Waals surface area contributed by atoms with Crippen molar-refractivity contribution in [2.24, 2.45) is 0 Å². The lowest BCUT2D eigenvalue weighted by atomic mass is 10.1. The van der Waals surface area contributed by atoms with E-state index in [0.29, 0.717) is 11.1 Å². The Morgan fingerprint density at radius 2 is 1.71 bits per heavy atom. The molecule has 0 aliphatic carbocycles. The molecule has 0 atom stereocenters. The number of hydrogen-bond acceptors (Lipinski definition) is 2. The smallest absolute Gasteiger partial charge is 0.261 e. The number of nitrogens with zero attached hydrogens (tertiary/aromatic N) is 1. The molecular formula is C11H11NO2. The Hall–Kier alpha value is -1.90. The maximum atomic E-state index is 11.5. The molecule has 1 aliphatic heterocycles. The van der Waals surface area contributed by atoms with Crippen LogP contribution >= 0.6 is 0 Å². The van der Waals surface area contributed by atoms with Crippen molar-refractivity contribution >= 4 is 11.8 Å². The van der Waals surface area contributed by atoms with E-state index in [4.69, 9.17) is 0 Å². The van der Waals surface area contributed by atoms with Gasteiger partial charge in [0.1, 0.15) is 0 Å². The van der Waals surface area contributed by atoms with E-state index in [0.717, 1.165) is 4.90 Å². The predicted octanol–water partition coefficient (Wildman–Crippen LogP) is 1.21. The van der Waals surface area contributed by atoms with Crippen LogP contribution in [0, 0.1) is 0 Å². The van der Waals surface area contributed by atoms with E-state index in [1.165, 1.54) is 13.1 Å². The van der Waals surface area contributed by atoms with Gasteiger partial charge in [-0.15, -0.1) is 0 Å². The van der Waals surface area contributed by atoms with Crippen LogP contribution in [0.15, 0.2) is 48.6 Å². The predicted molar refractivity (Wildman–Crippen MR) is 54.3 cm³/mol. The molecule has 1 rings (SSSR count). The van der Waals surface area contributed by atoms with Crippen molar-refractivity contribution in [3.05, 3.63) is 48.6 Å². The Morgan fingerprint density at radius 3 is 2.21 bits per heavy atom. The zero-order chi connectivity index (χ0) is 10.7. The van der Waals surface area contributed by atoms with Crippen molar-refractivity contribution in [3.63, 3.8) is 0 Å². The Balaban J connectivity index is 3.20. The van der Waals surface area contributed by atoms with E-state index in [1.807, 2.05) is 0 Å². The molecule has 0 N–H and O–H groups in total. The van der Waals surface area contributed by atoms with Crippen LogP contribution < -0.4 is 0 Å². The van der Waals surface area contributed by atoms with Gasteiger partial charge in [0.25, 0.3) is 11.8 Å². The summed E-state index contributed by atoms with van der Waals surface area (Å²) in [6.45, 7) is 6.99. The molecule has 14 heavy (non-hydrogen) atoms. The first kappa shape index (κ1) is 10.2. The Labute approximate surface area is 82.7 Å². The van der Waals surface area contributed by atoms with Crippen LogP contribution in [0.2, 0.25) is 0 Å². The molecular weight excluding hydrogens is 178 g/mol. The summed E-state index contributed by atoms with van der Waals surface area (Å²) in [4.78, 5) is 24.0. The zero-order valence-electron chi connectivity index (χ0n) is 7.99. The third-order valence-electron chi connectivity index (χ3n) is 1.96. The largest absolute Gasteiger partial charge is 0.277 e. The lowest BCUT2D eigenvalue weighted by Crippen LogP contribution is -2.26. The summed E-state index contributed by atoms with van der Waals surface area (Å²) in [6.07, 6.45) is 6.12. The lowest BCUT2D eigenvalue weighted by Gasteiger charge is -2.04. The standard InChI is InChI=1S/C11H11NO2/c1-4-6-7-9-8(5-2)10(13)12(3)11(9)14/h4-7H,1-2H2,3H3/b7-6-. The monoisotopic (exact) mass is 189 g/mol. The summed E-state index contributed by atoms with van der Waals surface area (Å²) >= 11 is 0. The molecule has 0 radical (unpaired) electrons. The van der Waals surface area contributed by atoms with Gasteiger partial charge >= 0.3 is 0 Å². The van der Waals surface area contributed by atoms with E-state index in [9.17, 15) is 9.59 Å². The van der Waals surface area contributed by atoms with Gasteiger partial charge in [0.15, 0.2) is 0 Å². The van der Waals surface area contributed by atoms with Crippen LogP contribution in [-0.2, 0) is 9.59 Å². The molecule has 0 spiro atoms. The molecule has 0 aromatic heterocycles. The fourth-order valence-electron chi connectivity index (χ4n) is 1.21. The molecule has 0 aromatic rings. The maximum Gasteiger partial charge on any atom is 0.261 e. The van der Waals surface area contributed by atoms with Gasteiger partial charge in [-0.05, 0) is 6.08 Å². The summed E-state index contributed by atoms with van der Waals surface area (Å²) in [6, 6.07) is 0. The maximum absolute atomic E-state index is 11.5. The molecule has 0 fully saturated rings. The fraction of sp³-hybridized carbons (Fsp3) is 0.0909. The Bertz CT molecular complexity index is 375. The molecule has 0 bridgehead atoms. The van der Waals surface area contributed by atoms with Crippen LogP contribution in [0.5, 0.6) is 0 Å². The van der Waals surface area contributed by atoms with Crippen LogP contribution in [0.4, 0.5) is 0 Å². The van der Waals surface area contributed by atoms with Crippen molar-refractivity contribution in [1.82, 2.24) is 4.90 Å². The first-order valence-corrected chi connectivity index (χ1v) is 4.11. The number of rotatable bonds is 3. The number of amides is 2. The van der Waals surface area contributed by atoms with E-state index in [2.05, 4.69) is 13.2 Å². The number of likely N-dealkylation sites (N-methyl/N-ethyl adjacent to an activating group) is 1. The minimum absolute atomic E-state index is 0.303. The Kier molecular flexibility index (Phi) is 2.82. The number of imide groups is 1. The van der Waals surface area contributed by atoms with Gasteiger partial charge in [0, 0.05) is 7.05 Å². The van der Waals surface area contributed by atoms with E-state index in [-0.39, 0.29) is 11.8 Å². The number of carbonyl (C=O) groups excluding carboxylic acids is 2. The van der Waals surface area contributed by atoms with Gasteiger partial charge in [-0.3, -0.25) is 14.5 Å². The summed E-state index contributed by atoms with van der Waals surface area (Å²) in [7, 11) is 1.45. The Morgan fingerprint density at radius 1 is 1.14 bits per heavy atom. The fourth-order valence-corrected chi connectivity index (χ4v) is 1.21. The van der Waals surface area contributed by atoms with Crippen LogP contribution in [-0.4, -0.2) is 23.8 Å². The first-order valence-electron chi connectivity index (χ1n) is 4.11. The molecule has 2 amide bonds. The quantitative estimate of drug-likeness (QED) is 0.494. The number of carbonyl (C=O) groups is 2. The minimum Gasteiger partial charge on any atom is -0.277 e. The van der Waals surface area contributed by atoms with Crippen molar-refractivity contribution in [3.8, 4) is 0 Å². The van der Waals surface area contributed by atoms with Gasteiger partial charge < -0.3 is 0 Å². The third kappa shape index (κ3) is 1.44. The zero-order valence-corrected chi connectivity index (χ0v) is 7.99. The topological polar surface area (TPSA) is 37.4 Å². The van der Waals surface area contributed by atoms with E-state index < -0.39 is 0 Å². The highest BCUT2D eigenvalue weighted by Crippen LogP contribution is 2.20. The van der Waals surface area contributed by atoms with Crippen molar-refractivity contribution in [2.45, 2.75) is 0 Å². The second-order valence-corrected chi connectivity index (χ2v) is 2.80. The highest BCUT2D eigenvalue weighted by molar-refractivity contribution is 6.21. The van der Waals surface area contributed by atoms with Gasteiger partial charge in [-0.1, -0.05) is 31.4 Å². The molecule has 72 valence electrons. The van der Waals surface area contributed by atoms with Crippen LogP contribution in [0.25, 0.3) is 0 Å². The summed E-state index contributed by atoms with van der Waals surface area (Å²) in [5, 5.41) is 0. The summed E-state index contributed by atoms with van der Waals surface area (Å²) in [5.41, 5.74) is 0.711.